The number of nitrogens with one attached hydrogen (secondary N) is 5. The Morgan fingerprint density at radius 2 is 1.48 bits per heavy atom. The molecule has 10 N–H and O–H groups in total. The number of amides is 6. The van der Waals surface area contributed by atoms with Crippen LogP contribution in [0.4, 0.5) is 0 Å². The molecule has 33 nitrogen and oxygen atoms in total. The number of nitrogens with zero attached hydrogens (tertiary/aromatic N) is 9. The Balaban J connectivity index is 0.956. The molecule has 548 valence electrons. The Labute approximate surface area is 611 Å². The van der Waals surface area contributed by atoms with Crippen LogP contribution in [-0.2, 0) is 56.0 Å². The maximum atomic E-state index is 15.2. The number of likely N-dealkylation sites (tertiary alicyclic amines) is 1. The van der Waals surface area contributed by atoms with Crippen molar-refractivity contribution in [2.45, 2.75) is 140 Å². The number of likely N-dealkylation sites (N-methyl/N-ethyl adjacent to an activating group) is 1. The van der Waals surface area contributed by atoms with Crippen LogP contribution in [0.5, 0.6) is 5.75 Å². The van der Waals surface area contributed by atoms with E-state index < -0.39 is 145 Å². The van der Waals surface area contributed by atoms with Crippen molar-refractivity contribution < 1.29 is 92.4 Å². The quantitative estimate of drug-likeness (QED) is 0.0548. The van der Waals surface area contributed by atoms with Crippen LogP contribution >= 0.6 is 56.7 Å². The Morgan fingerprint density at radius 3 is 2.20 bits per heavy atom. The SMILES string of the molecule is CO/C(C)=C1\NC(=O)C(C(C)O)NC(=O)c2csc(n2)-c2cc(O)c(-c3nc(C(=O)NC(C)C(=O)N4CCC(O)CC4)cs3)nc2-c2csc(n2)C2COC(=O)c3c4c5c(cccc5n3O)COC(=O)C(OC3CC(C)(O)C(N(C)C)C(C)O3)C(OC4)C(NC(=O)c3csc1n3)c1nc(cs1)C(=O)N2. The predicted octanol–water partition coefficient (Wildman–Crippen LogP) is 4.26. The number of carbonyl (C=O) groups is 8. The van der Waals surface area contributed by atoms with Crippen LogP contribution in [0.25, 0.3) is 49.3 Å². The van der Waals surface area contributed by atoms with Crippen molar-refractivity contribution in [3.63, 3.8) is 0 Å². The number of esters is 2. The molecule has 5 aliphatic heterocycles. The Hall–Kier alpha value is -9.32. The molecule has 0 radical (unpaired) electrons. The van der Waals surface area contributed by atoms with Crippen LogP contribution in [0.1, 0.15) is 145 Å². The summed E-state index contributed by atoms with van der Waals surface area (Å²) in [5.41, 5.74) is -2.68. The number of pyridine rings is 1. The highest BCUT2D eigenvalue weighted by molar-refractivity contribution is 7.14. The number of rotatable bonds is 9. The number of hydrogen-bond acceptors (Lipinski definition) is 31. The zero-order chi connectivity index (χ0) is 73.9. The number of thiazole rings is 5. The van der Waals surface area contributed by atoms with Gasteiger partial charge in [-0.05, 0) is 79.3 Å². The first kappa shape index (κ1) is 73.0. The summed E-state index contributed by atoms with van der Waals surface area (Å²) in [7, 11) is 4.85. The normalized spacial score (nSPS) is 24.8. The Bertz CT molecular complexity index is 4740. The molecule has 1 aromatic carbocycles. The number of aliphatic hydroxyl groups excluding tert-OH is 2. The fraction of sp³-hybridized carbons (Fsp3) is 0.424. The number of carbonyl (C=O) groups excluding carboxylic acids is 8. The number of aromatic nitrogens is 7. The summed E-state index contributed by atoms with van der Waals surface area (Å²) in [6.45, 7) is 6.40. The van der Waals surface area contributed by atoms with Gasteiger partial charge in [0.15, 0.2) is 18.1 Å². The molecule has 11 atom stereocenters. The molecule has 5 aliphatic rings. The van der Waals surface area contributed by atoms with Crippen LogP contribution in [0.3, 0.4) is 0 Å². The van der Waals surface area contributed by atoms with Gasteiger partial charge >= 0.3 is 11.9 Å². The molecule has 6 amide bonds. The second-order valence-corrected chi connectivity index (χ2v) is 30.1. The monoisotopic (exact) mass is 1520 g/mol. The van der Waals surface area contributed by atoms with Gasteiger partial charge in [0.2, 0.25) is 11.8 Å². The zero-order valence-corrected chi connectivity index (χ0v) is 60.8. The number of aliphatic hydroxyl groups is 3. The number of methoxy groups -OCH3 is 1. The minimum atomic E-state index is -1.92. The molecule has 0 saturated carbocycles. The molecule has 7 aromatic heterocycles. The number of benzene rings is 1. The first-order valence-electron chi connectivity index (χ1n) is 32.6. The van der Waals surface area contributed by atoms with Gasteiger partial charge in [-0.25, -0.2) is 39.5 Å². The molecular formula is C66H70N14O19S5. The minimum Gasteiger partial charge on any atom is -0.506 e. The Kier molecular flexibility index (Phi) is 20.8. The van der Waals surface area contributed by atoms with E-state index in [0.29, 0.717) is 36.2 Å². The summed E-state index contributed by atoms with van der Waals surface area (Å²) in [5.74, 6) is -7.44. The average Bonchev–Trinajstić information content (AvgIpc) is 1.54. The second kappa shape index (κ2) is 29.7. The first-order valence-corrected chi connectivity index (χ1v) is 37.0. The highest BCUT2D eigenvalue weighted by Gasteiger charge is 2.50. The van der Waals surface area contributed by atoms with Crippen molar-refractivity contribution in [2.24, 2.45) is 0 Å². The average molecular weight is 1520 g/mol. The van der Waals surface area contributed by atoms with Crippen LogP contribution in [0, 0.1) is 0 Å². The van der Waals surface area contributed by atoms with Crippen molar-refractivity contribution in [3.05, 3.63) is 112 Å². The van der Waals surface area contributed by atoms with Gasteiger partial charge in [-0.2, -0.15) is 4.73 Å². The third-order valence-corrected chi connectivity index (χ3v) is 22.7. The molecule has 2 saturated heterocycles. The van der Waals surface area contributed by atoms with Crippen molar-refractivity contribution >= 4 is 121 Å². The Morgan fingerprint density at radius 1 is 0.817 bits per heavy atom. The third kappa shape index (κ3) is 14.5. The van der Waals surface area contributed by atoms with Gasteiger partial charge < -0.3 is 90.4 Å². The van der Waals surface area contributed by atoms with E-state index in [1.165, 1.54) is 66.9 Å². The molecule has 8 aromatic rings. The van der Waals surface area contributed by atoms with Crippen LogP contribution in [0.15, 0.2) is 56.9 Å². The predicted molar refractivity (Wildman–Crippen MR) is 373 cm³/mol. The smallest absolute Gasteiger partial charge is 0.358 e. The second-order valence-electron chi connectivity index (χ2n) is 25.8. The van der Waals surface area contributed by atoms with E-state index in [2.05, 4.69) is 41.5 Å². The standard InChI is InChI=1S/C66H70N14O19S5/c1-26(63(89)79-14-12-31(82)13-15-79)67-53(84)36-23-103-61(72-36)47-41(83)16-32-46(74-47)35-21-101-59(69-35)34-20-97-64(90)49-33-19-95-50(51(99-42-17-66(5,92)52(78(6)7)29(4)98-42)65(91)96-18-30-10-9-11-40(43(30)33)80(49)93)48(62-73-37(24-104-62)54(85)68-34)77-56(87)39-25-102-60(71-39)45(28(3)94-8)76-57(88)44(27(2)81)75-55(86)38-22-100-58(32)70-38/h9-11,16,21-27,29,31,34,42,44,48,50-52,81-83,92-93H,12-15,17-20H2,1-8H3,(H,67,84)(H,68,85)(H,75,86)(H,76,88)(H,77,87)/b45-28-. The lowest BCUT2D eigenvalue weighted by molar-refractivity contribution is -0.280. The van der Waals surface area contributed by atoms with Crippen LogP contribution < -0.4 is 26.6 Å². The lowest BCUT2D eigenvalue weighted by Crippen LogP contribution is -2.62. The summed E-state index contributed by atoms with van der Waals surface area (Å²) in [5, 5.41) is 78.4. The van der Waals surface area contributed by atoms with E-state index in [9.17, 15) is 44.8 Å². The van der Waals surface area contributed by atoms with Crippen molar-refractivity contribution in [1.82, 2.24) is 71.0 Å². The molecule has 2 fully saturated rings. The largest absolute Gasteiger partial charge is 0.506 e. The fourth-order valence-corrected chi connectivity index (χ4v) is 17.3. The zero-order valence-electron chi connectivity index (χ0n) is 56.7. The maximum Gasteiger partial charge on any atom is 0.358 e. The molecule has 12 heterocycles. The van der Waals surface area contributed by atoms with Gasteiger partial charge in [0.25, 0.3) is 23.6 Å². The first-order chi connectivity index (χ1) is 49.6. The van der Waals surface area contributed by atoms with Crippen molar-refractivity contribution in [3.8, 4) is 38.4 Å². The van der Waals surface area contributed by atoms with Gasteiger partial charge in [0, 0.05) is 62.9 Å². The molecular weight excluding hydrogens is 1450 g/mol. The fourth-order valence-electron chi connectivity index (χ4n) is 13.2. The highest BCUT2D eigenvalue weighted by atomic mass is 32.1. The number of hydrogen-bond donors (Lipinski definition) is 10. The number of fused-ring (bicyclic) bond motifs is 15. The van der Waals surface area contributed by atoms with Crippen LogP contribution in [0.2, 0.25) is 0 Å². The third-order valence-electron chi connectivity index (χ3n) is 18.3. The van der Waals surface area contributed by atoms with Crippen molar-refractivity contribution in [2.75, 3.05) is 40.9 Å². The van der Waals surface area contributed by atoms with E-state index in [4.69, 9.17) is 43.4 Å². The van der Waals surface area contributed by atoms with Crippen LogP contribution in [-0.4, -0.2) is 219 Å². The van der Waals surface area contributed by atoms with Gasteiger partial charge in [0.1, 0.15) is 126 Å². The number of allylic oxidation sites excluding steroid dienone is 1. The van der Waals surface area contributed by atoms with E-state index in [0.717, 1.165) is 56.7 Å². The molecule has 0 spiro atoms. The lowest BCUT2D eigenvalue weighted by Gasteiger charge is -2.48. The van der Waals surface area contributed by atoms with E-state index >= 15 is 19.2 Å². The molecule has 11 unspecified atom stereocenters. The van der Waals surface area contributed by atoms with E-state index in [1.807, 2.05) is 0 Å². The summed E-state index contributed by atoms with van der Waals surface area (Å²) >= 11 is 4.54. The molecule has 12 bridgehead atoms. The minimum absolute atomic E-state index is 0.0122. The van der Waals surface area contributed by atoms with Gasteiger partial charge in [-0.1, -0.05) is 12.1 Å². The number of piperidine rings is 1. The summed E-state index contributed by atoms with van der Waals surface area (Å²) in [4.78, 5) is 148. The van der Waals surface area contributed by atoms with E-state index in [-0.39, 0.29) is 111 Å². The summed E-state index contributed by atoms with van der Waals surface area (Å²) in [6.07, 6.45) is -7.32. The molecule has 104 heavy (non-hydrogen) atoms. The molecule has 13 rings (SSSR count). The molecule has 38 heteroatoms. The van der Waals surface area contributed by atoms with E-state index in [1.54, 1.807) is 49.9 Å². The van der Waals surface area contributed by atoms with Crippen molar-refractivity contribution in [1.29, 1.82) is 0 Å². The molecule has 0 aliphatic carbocycles. The summed E-state index contributed by atoms with van der Waals surface area (Å²) < 4.78 is 38.3. The number of ether oxygens (including phenoxy) is 6. The summed E-state index contributed by atoms with van der Waals surface area (Å²) in [6, 6.07) is -0.304. The van der Waals surface area contributed by atoms with Gasteiger partial charge in [-0.3, -0.25) is 28.8 Å². The van der Waals surface area contributed by atoms with Gasteiger partial charge in [0.05, 0.1) is 49.2 Å². The number of cyclic esters (lactones) is 2. The van der Waals surface area contributed by atoms with Gasteiger partial charge in [-0.15, -0.1) is 56.7 Å². The highest BCUT2D eigenvalue weighted by Crippen LogP contribution is 2.43. The maximum absolute atomic E-state index is 15.2. The number of aromatic hydroxyl groups is 1. The lowest BCUT2D eigenvalue weighted by atomic mass is 9.85. The topological polar surface area (TPSA) is 442 Å².